The van der Waals surface area contributed by atoms with Crippen molar-refractivity contribution in [2.75, 3.05) is 0 Å². The van der Waals surface area contributed by atoms with E-state index in [2.05, 4.69) is 45.0 Å². The van der Waals surface area contributed by atoms with E-state index in [-0.39, 0.29) is 11.2 Å². The van der Waals surface area contributed by atoms with Gasteiger partial charge in [-0.25, -0.2) is 0 Å². The minimum Gasteiger partial charge on any atom is -0.356 e. The fourth-order valence-electron chi connectivity index (χ4n) is 3.31. The molecule has 1 heterocycles. The van der Waals surface area contributed by atoms with Crippen LogP contribution in [0.3, 0.4) is 0 Å². The predicted octanol–water partition coefficient (Wildman–Crippen LogP) is 4.39. The van der Waals surface area contributed by atoms with Crippen LogP contribution in [-0.2, 0) is 4.74 Å². The van der Waals surface area contributed by atoms with Crippen LogP contribution in [0.1, 0.15) is 52.4 Å². The van der Waals surface area contributed by atoms with Crippen molar-refractivity contribution in [3.63, 3.8) is 0 Å². The Morgan fingerprint density at radius 3 is 2.28 bits per heavy atom. The van der Waals surface area contributed by atoms with E-state index in [4.69, 9.17) is 4.74 Å². The number of rotatable bonds is 0. The summed E-state index contributed by atoms with van der Waals surface area (Å²) in [5, 5.41) is 0. The van der Waals surface area contributed by atoms with Crippen LogP contribution in [0.4, 0.5) is 0 Å². The molecular weight excluding hydrogens is 236 g/mol. The molecule has 1 aliphatic heterocycles. The molecule has 2 fully saturated rings. The Hall–Kier alpha value is -0.263. The summed E-state index contributed by atoms with van der Waals surface area (Å²) in [6.07, 6.45) is 7.78. The van der Waals surface area contributed by atoms with Crippen molar-refractivity contribution in [3.8, 4) is 11.5 Å². The third-order valence-corrected chi connectivity index (χ3v) is 5.37. The quantitative estimate of drug-likeness (QED) is 0.466. The summed E-state index contributed by atoms with van der Waals surface area (Å²) in [5.74, 6) is 4.08. The average molecular weight is 264 g/mol. The van der Waals surface area contributed by atoms with E-state index in [0.29, 0.717) is 5.92 Å². The van der Waals surface area contributed by atoms with Crippen LogP contribution < -0.4 is 0 Å². The maximum Gasteiger partial charge on any atom is 0.129 e. The molecule has 1 aliphatic carbocycles. The maximum absolute atomic E-state index is 6.53. The van der Waals surface area contributed by atoms with Crippen LogP contribution in [0.15, 0.2) is 0 Å². The molecule has 2 aliphatic rings. The van der Waals surface area contributed by atoms with E-state index in [9.17, 15) is 0 Å². The number of ether oxygens (including phenoxy) is 1. The van der Waals surface area contributed by atoms with Crippen molar-refractivity contribution >= 4 is 8.07 Å². The van der Waals surface area contributed by atoms with Gasteiger partial charge < -0.3 is 4.74 Å². The Kier molecular flexibility index (Phi) is 3.69. The van der Waals surface area contributed by atoms with Crippen LogP contribution in [0.2, 0.25) is 19.6 Å². The Labute approximate surface area is 114 Å². The fourth-order valence-corrected chi connectivity index (χ4v) is 3.93. The second-order valence-corrected chi connectivity index (χ2v) is 12.3. The van der Waals surface area contributed by atoms with E-state index in [0.717, 1.165) is 0 Å². The molecule has 2 rings (SSSR count). The molecule has 0 radical (unpaired) electrons. The molecule has 18 heavy (non-hydrogen) atoms. The SMILES string of the molecule is C[C@@H]1CC2(CCCCC2)O[C@]1(C)C#C[Si](C)(C)C. The minimum atomic E-state index is -1.30. The maximum atomic E-state index is 6.53. The molecule has 0 bridgehead atoms. The van der Waals surface area contributed by atoms with Crippen molar-refractivity contribution in [2.24, 2.45) is 5.92 Å². The molecule has 0 aromatic heterocycles. The lowest BCUT2D eigenvalue weighted by Gasteiger charge is -2.34. The summed E-state index contributed by atoms with van der Waals surface area (Å²) < 4.78 is 6.53. The Bertz CT molecular complexity index is 365. The van der Waals surface area contributed by atoms with Gasteiger partial charge >= 0.3 is 0 Å². The zero-order chi connectivity index (χ0) is 13.4. The van der Waals surface area contributed by atoms with Gasteiger partial charge in [0.1, 0.15) is 13.7 Å². The van der Waals surface area contributed by atoms with Crippen LogP contribution in [0.25, 0.3) is 0 Å². The van der Waals surface area contributed by atoms with Gasteiger partial charge in [-0.15, -0.1) is 5.54 Å². The van der Waals surface area contributed by atoms with Gasteiger partial charge in [0.15, 0.2) is 0 Å². The third-order valence-electron chi connectivity index (χ3n) is 4.50. The van der Waals surface area contributed by atoms with Crippen molar-refractivity contribution < 1.29 is 4.74 Å². The summed E-state index contributed by atoms with van der Waals surface area (Å²) in [4.78, 5) is 0. The molecular formula is C16H28OSi. The van der Waals surface area contributed by atoms with Crippen LogP contribution in [0, 0.1) is 17.4 Å². The lowest BCUT2D eigenvalue weighted by molar-refractivity contribution is -0.0897. The zero-order valence-electron chi connectivity index (χ0n) is 12.7. The third kappa shape index (κ3) is 3.00. The summed E-state index contributed by atoms with van der Waals surface area (Å²) in [6.45, 7) is 11.5. The second kappa shape index (κ2) is 4.69. The van der Waals surface area contributed by atoms with Gasteiger partial charge in [-0.1, -0.05) is 51.7 Å². The zero-order valence-corrected chi connectivity index (χ0v) is 13.7. The van der Waals surface area contributed by atoms with E-state index < -0.39 is 8.07 Å². The van der Waals surface area contributed by atoms with Gasteiger partial charge in [-0.05, 0) is 32.1 Å². The molecule has 1 saturated heterocycles. The lowest BCUT2D eigenvalue weighted by Crippen LogP contribution is -2.36. The van der Waals surface area contributed by atoms with Crippen LogP contribution in [-0.4, -0.2) is 19.3 Å². The molecule has 0 aromatic rings. The van der Waals surface area contributed by atoms with E-state index >= 15 is 0 Å². The Balaban J connectivity index is 2.16. The van der Waals surface area contributed by atoms with Gasteiger partial charge in [0.05, 0.1) is 5.60 Å². The summed E-state index contributed by atoms with van der Waals surface area (Å²) in [6, 6.07) is 0. The highest BCUT2D eigenvalue weighted by atomic mass is 28.3. The molecule has 102 valence electrons. The molecule has 0 unspecified atom stereocenters. The average Bonchev–Trinajstić information content (AvgIpc) is 2.49. The van der Waals surface area contributed by atoms with Gasteiger partial charge in [-0.2, -0.15) is 0 Å². The van der Waals surface area contributed by atoms with Gasteiger partial charge in [0, 0.05) is 0 Å². The van der Waals surface area contributed by atoms with Crippen LogP contribution in [0.5, 0.6) is 0 Å². The largest absolute Gasteiger partial charge is 0.356 e. The lowest BCUT2D eigenvalue weighted by atomic mass is 9.79. The topological polar surface area (TPSA) is 9.23 Å². The van der Waals surface area contributed by atoms with Gasteiger partial charge in [-0.3, -0.25) is 0 Å². The Morgan fingerprint density at radius 1 is 1.11 bits per heavy atom. The normalized spacial score (nSPS) is 35.3. The second-order valence-electron chi connectivity index (χ2n) is 7.56. The predicted molar refractivity (Wildman–Crippen MR) is 80.2 cm³/mol. The Morgan fingerprint density at radius 2 is 1.72 bits per heavy atom. The van der Waals surface area contributed by atoms with Crippen LogP contribution >= 0.6 is 0 Å². The summed E-state index contributed by atoms with van der Waals surface area (Å²) >= 11 is 0. The standard InChI is InChI=1S/C16H28OSi/c1-14-13-16(9-7-6-8-10-16)17-15(14,2)11-12-18(3,4)5/h14H,6-10,13H2,1-5H3/t14-,15-/m1/s1. The first kappa shape index (κ1) is 14.2. The smallest absolute Gasteiger partial charge is 0.129 e. The fraction of sp³-hybridized carbons (Fsp3) is 0.875. The molecule has 1 nitrogen and oxygen atoms in total. The molecule has 1 saturated carbocycles. The summed E-state index contributed by atoms with van der Waals surface area (Å²) in [7, 11) is -1.30. The monoisotopic (exact) mass is 264 g/mol. The van der Waals surface area contributed by atoms with Crippen molar-refractivity contribution in [2.45, 2.75) is 83.2 Å². The first-order chi connectivity index (χ1) is 8.25. The first-order valence-corrected chi connectivity index (χ1v) is 11.0. The summed E-state index contributed by atoms with van der Waals surface area (Å²) in [5.41, 5.74) is 3.49. The van der Waals surface area contributed by atoms with E-state index in [1.165, 1.54) is 38.5 Å². The van der Waals surface area contributed by atoms with E-state index in [1.807, 2.05) is 0 Å². The van der Waals surface area contributed by atoms with Crippen molar-refractivity contribution in [1.29, 1.82) is 0 Å². The minimum absolute atomic E-state index is 0.167. The molecule has 0 amide bonds. The van der Waals surface area contributed by atoms with Gasteiger partial charge in [0.25, 0.3) is 0 Å². The first-order valence-electron chi connectivity index (χ1n) is 7.49. The number of hydrogen-bond donors (Lipinski definition) is 0. The number of hydrogen-bond acceptors (Lipinski definition) is 1. The van der Waals surface area contributed by atoms with Crippen molar-refractivity contribution in [3.05, 3.63) is 0 Å². The molecule has 2 heteroatoms. The van der Waals surface area contributed by atoms with Gasteiger partial charge in [0.2, 0.25) is 0 Å². The highest BCUT2D eigenvalue weighted by molar-refractivity contribution is 6.83. The molecule has 2 atom stereocenters. The molecule has 1 spiro atoms. The van der Waals surface area contributed by atoms with Crippen molar-refractivity contribution in [1.82, 2.24) is 0 Å². The highest BCUT2D eigenvalue weighted by Gasteiger charge is 2.50. The molecule has 0 aromatic carbocycles. The van der Waals surface area contributed by atoms with E-state index in [1.54, 1.807) is 0 Å². The highest BCUT2D eigenvalue weighted by Crippen LogP contribution is 2.49. The molecule has 0 N–H and O–H groups in total.